The summed E-state index contributed by atoms with van der Waals surface area (Å²) in [5.74, 6) is 0.157. The van der Waals surface area contributed by atoms with E-state index in [9.17, 15) is 14.0 Å². The molecule has 4 rings (SSSR count). The van der Waals surface area contributed by atoms with Gasteiger partial charge < -0.3 is 19.3 Å². The minimum Gasteiger partial charge on any atom is -0.497 e. The molecule has 1 aliphatic rings. The minimum absolute atomic E-state index is 0.102. The maximum atomic E-state index is 13.8. The first kappa shape index (κ1) is 25.7. The number of nitrogens with zero attached hydrogens (tertiary/aromatic N) is 2. The number of carbonyl (C=O) groups is 2. The van der Waals surface area contributed by atoms with Crippen LogP contribution in [-0.2, 0) is 11.2 Å². The molecule has 2 aromatic carbocycles. The lowest BCUT2D eigenvalue weighted by molar-refractivity contribution is -0.135. The molecule has 0 radical (unpaired) electrons. The van der Waals surface area contributed by atoms with E-state index in [1.165, 1.54) is 24.1 Å². The Bertz CT molecular complexity index is 1250. The van der Waals surface area contributed by atoms with Gasteiger partial charge in [-0.3, -0.25) is 9.59 Å². The molecule has 0 saturated heterocycles. The summed E-state index contributed by atoms with van der Waals surface area (Å²) in [5.41, 5.74) is 1.62. The van der Waals surface area contributed by atoms with Crippen LogP contribution in [0.15, 0.2) is 53.9 Å². The van der Waals surface area contributed by atoms with Crippen molar-refractivity contribution >= 4 is 23.2 Å². The number of methoxy groups -OCH3 is 2. The molecule has 190 valence electrons. The molecular weight excluding hydrogens is 479 g/mol. The average Bonchev–Trinajstić information content (AvgIpc) is 3.34. The van der Waals surface area contributed by atoms with Gasteiger partial charge in [-0.2, -0.15) is 0 Å². The zero-order valence-corrected chi connectivity index (χ0v) is 22.0. The number of hydrogen-bond acceptors (Lipinski definition) is 5. The Hall–Kier alpha value is -3.39. The summed E-state index contributed by atoms with van der Waals surface area (Å²) in [7, 11) is 3.04. The number of ether oxygens (including phenoxy) is 2. The van der Waals surface area contributed by atoms with Gasteiger partial charge >= 0.3 is 0 Å². The third-order valence-corrected chi connectivity index (χ3v) is 7.46. The van der Waals surface area contributed by atoms with Crippen LogP contribution in [0.5, 0.6) is 11.5 Å². The van der Waals surface area contributed by atoms with Gasteiger partial charge in [0.15, 0.2) is 0 Å². The molecule has 0 saturated carbocycles. The van der Waals surface area contributed by atoms with Gasteiger partial charge in [0.05, 0.1) is 25.8 Å². The van der Waals surface area contributed by atoms with Crippen molar-refractivity contribution in [3.8, 4) is 11.5 Å². The Balaban J connectivity index is 1.66. The number of amides is 2. The molecule has 1 aromatic heterocycles. The van der Waals surface area contributed by atoms with Crippen LogP contribution < -0.4 is 9.47 Å². The molecule has 2 heterocycles. The van der Waals surface area contributed by atoms with Crippen molar-refractivity contribution in [1.82, 2.24) is 9.80 Å². The van der Waals surface area contributed by atoms with Crippen LogP contribution in [0.4, 0.5) is 4.39 Å². The van der Waals surface area contributed by atoms with E-state index in [0.29, 0.717) is 23.6 Å². The predicted molar refractivity (Wildman–Crippen MR) is 138 cm³/mol. The highest BCUT2D eigenvalue weighted by Crippen LogP contribution is 2.38. The van der Waals surface area contributed by atoms with Gasteiger partial charge in [0.25, 0.3) is 5.91 Å². The molecule has 0 fully saturated rings. The normalized spacial score (nSPS) is 15.3. The molecular formula is C28H31FN2O4S. The zero-order valence-electron chi connectivity index (χ0n) is 21.2. The first-order valence-corrected chi connectivity index (χ1v) is 12.7. The fourth-order valence-electron chi connectivity index (χ4n) is 4.55. The maximum absolute atomic E-state index is 13.8. The van der Waals surface area contributed by atoms with Crippen molar-refractivity contribution in [1.29, 1.82) is 0 Å². The second-order valence-corrected chi connectivity index (χ2v) is 10.7. The molecule has 3 aromatic rings. The lowest BCUT2D eigenvalue weighted by Gasteiger charge is -2.40. The van der Waals surface area contributed by atoms with E-state index < -0.39 is 5.54 Å². The lowest BCUT2D eigenvalue weighted by Crippen LogP contribution is -2.52. The maximum Gasteiger partial charge on any atom is 0.258 e. The van der Waals surface area contributed by atoms with Gasteiger partial charge in [0, 0.05) is 23.0 Å². The van der Waals surface area contributed by atoms with Crippen LogP contribution in [0.3, 0.4) is 0 Å². The summed E-state index contributed by atoms with van der Waals surface area (Å²) in [5, 5.41) is 2.02. The average molecular weight is 511 g/mol. The van der Waals surface area contributed by atoms with Crippen LogP contribution in [0, 0.1) is 5.82 Å². The van der Waals surface area contributed by atoms with Crippen LogP contribution in [0.1, 0.15) is 53.2 Å². The van der Waals surface area contributed by atoms with E-state index in [4.69, 9.17) is 9.47 Å². The van der Waals surface area contributed by atoms with Crippen molar-refractivity contribution in [2.24, 2.45) is 0 Å². The Kier molecular flexibility index (Phi) is 7.36. The Labute approximate surface area is 215 Å². The summed E-state index contributed by atoms with van der Waals surface area (Å²) in [4.78, 5) is 32.2. The number of carbonyl (C=O) groups excluding carboxylic acids is 2. The topological polar surface area (TPSA) is 59.1 Å². The smallest absolute Gasteiger partial charge is 0.258 e. The predicted octanol–water partition coefficient (Wildman–Crippen LogP) is 5.32. The Morgan fingerprint density at radius 1 is 1.08 bits per heavy atom. The number of hydrogen-bond donors (Lipinski definition) is 0. The van der Waals surface area contributed by atoms with Crippen LogP contribution in [-0.4, -0.2) is 54.5 Å². The largest absolute Gasteiger partial charge is 0.497 e. The van der Waals surface area contributed by atoms with E-state index in [1.807, 2.05) is 32.2 Å². The fourth-order valence-corrected chi connectivity index (χ4v) is 5.45. The quantitative estimate of drug-likeness (QED) is 0.450. The van der Waals surface area contributed by atoms with Crippen molar-refractivity contribution < 1.29 is 23.5 Å². The third kappa shape index (κ3) is 5.09. The second kappa shape index (κ2) is 10.3. The monoisotopic (exact) mass is 510 g/mol. The molecule has 2 amide bonds. The third-order valence-electron chi connectivity index (χ3n) is 6.46. The number of thiophene rings is 1. The van der Waals surface area contributed by atoms with E-state index in [0.717, 1.165) is 17.5 Å². The molecule has 0 N–H and O–H groups in total. The lowest BCUT2D eigenvalue weighted by atomic mass is 9.93. The summed E-state index contributed by atoms with van der Waals surface area (Å²) in [6.45, 7) is 6.12. The van der Waals surface area contributed by atoms with Gasteiger partial charge in [-0.25, -0.2) is 4.39 Å². The molecule has 1 atom stereocenters. The molecule has 36 heavy (non-hydrogen) atoms. The van der Waals surface area contributed by atoms with Crippen molar-refractivity contribution in [2.75, 3.05) is 27.3 Å². The van der Waals surface area contributed by atoms with E-state index >= 15 is 0 Å². The molecule has 0 aliphatic carbocycles. The molecule has 6 nitrogen and oxygen atoms in total. The van der Waals surface area contributed by atoms with Crippen LogP contribution in [0.2, 0.25) is 0 Å². The highest BCUT2D eigenvalue weighted by atomic mass is 32.1. The highest BCUT2D eigenvalue weighted by Gasteiger charge is 2.37. The second-order valence-electron chi connectivity index (χ2n) is 9.72. The van der Waals surface area contributed by atoms with Gasteiger partial charge in [-0.1, -0.05) is 12.1 Å². The number of fused-ring (bicyclic) bond motifs is 1. The zero-order chi connectivity index (χ0) is 26.0. The molecule has 0 spiro atoms. The van der Waals surface area contributed by atoms with Crippen molar-refractivity contribution in [3.63, 3.8) is 0 Å². The first-order chi connectivity index (χ1) is 17.1. The number of rotatable bonds is 6. The molecule has 1 unspecified atom stereocenters. The summed E-state index contributed by atoms with van der Waals surface area (Å²) in [6, 6.07) is 13.0. The summed E-state index contributed by atoms with van der Waals surface area (Å²) >= 11 is 1.67. The van der Waals surface area contributed by atoms with E-state index in [1.54, 1.807) is 58.6 Å². The van der Waals surface area contributed by atoms with Crippen molar-refractivity contribution in [3.05, 3.63) is 81.3 Å². The first-order valence-electron chi connectivity index (χ1n) is 11.8. The van der Waals surface area contributed by atoms with Crippen LogP contribution in [0.25, 0.3) is 0 Å². The van der Waals surface area contributed by atoms with Gasteiger partial charge in [0.2, 0.25) is 5.91 Å². The molecule has 8 heteroatoms. The standard InChI is InChI=1S/C28H31FN2O4S/c1-28(2,3)31(27(33)21-11-10-20(34-4)16-23(21)35-5)17-25(32)30-14-12-24-22(13-15-36-24)26(30)18-6-8-19(29)9-7-18/h6-11,13,15-16,26H,12,14,17H2,1-5H3. The van der Waals surface area contributed by atoms with Gasteiger partial charge in [0.1, 0.15) is 23.9 Å². The van der Waals surface area contributed by atoms with E-state index in [-0.39, 0.29) is 30.2 Å². The summed E-state index contributed by atoms with van der Waals surface area (Å²) < 4.78 is 24.4. The van der Waals surface area contributed by atoms with Crippen molar-refractivity contribution in [2.45, 2.75) is 38.8 Å². The highest BCUT2D eigenvalue weighted by molar-refractivity contribution is 7.10. The van der Waals surface area contributed by atoms with Gasteiger partial charge in [-0.05, 0) is 74.0 Å². The van der Waals surface area contributed by atoms with Crippen LogP contribution >= 0.6 is 11.3 Å². The SMILES string of the molecule is COc1ccc(C(=O)N(CC(=O)N2CCc3sccc3C2c2ccc(F)cc2)C(C)(C)C)c(OC)c1. The Morgan fingerprint density at radius 2 is 1.81 bits per heavy atom. The number of benzene rings is 2. The van der Waals surface area contributed by atoms with Gasteiger partial charge in [-0.15, -0.1) is 11.3 Å². The molecule has 1 aliphatic heterocycles. The minimum atomic E-state index is -0.633. The number of halogens is 1. The summed E-state index contributed by atoms with van der Waals surface area (Å²) in [6.07, 6.45) is 0.742. The Morgan fingerprint density at radius 3 is 2.44 bits per heavy atom. The van der Waals surface area contributed by atoms with E-state index in [2.05, 4.69) is 0 Å². The fraction of sp³-hybridized carbons (Fsp3) is 0.357. The molecule has 0 bridgehead atoms.